The van der Waals surface area contributed by atoms with Crippen molar-refractivity contribution in [1.29, 1.82) is 0 Å². The zero-order valence-corrected chi connectivity index (χ0v) is 19.0. The molecule has 0 aliphatic carbocycles. The molecule has 2 aliphatic rings. The minimum atomic E-state index is 0.313. The number of aliphatic hydroxyl groups is 1. The predicted molar refractivity (Wildman–Crippen MR) is 129 cm³/mol. The Labute approximate surface area is 191 Å². The summed E-state index contributed by atoms with van der Waals surface area (Å²) in [5, 5.41) is 12.8. The van der Waals surface area contributed by atoms with Gasteiger partial charge in [0.25, 0.3) is 0 Å². The van der Waals surface area contributed by atoms with Crippen LogP contribution >= 0.6 is 0 Å². The highest BCUT2D eigenvalue weighted by Gasteiger charge is 2.21. The number of aromatic nitrogens is 2. The zero-order valence-electron chi connectivity index (χ0n) is 19.0. The largest absolute Gasteiger partial charge is 0.396 e. The summed E-state index contributed by atoms with van der Waals surface area (Å²) in [7, 11) is 0. The van der Waals surface area contributed by atoms with Crippen LogP contribution in [0.2, 0.25) is 0 Å². The molecule has 2 aliphatic heterocycles. The van der Waals surface area contributed by atoms with E-state index >= 15 is 0 Å². The van der Waals surface area contributed by atoms with E-state index in [4.69, 9.17) is 4.99 Å². The molecule has 2 fully saturated rings. The predicted octanol–water partition coefficient (Wildman–Crippen LogP) is 1.97. The van der Waals surface area contributed by atoms with Gasteiger partial charge in [-0.15, -0.1) is 0 Å². The normalized spacial score (nSPS) is 18.2. The van der Waals surface area contributed by atoms with Crippen LogP contribution in [-0.2, 0) is 6.54 Å². The summed E-state index contributed by atoms with van der Waals surface area (Å²) in [6, 6.07) is 10.6. The second-order valence-corrected chi connectivity index (χ2v) is 8.47. The van der Waals surface area contributed by atoms with Crippen molar-refractivity contribution in [3.05, 3.63) is 48.3 Å². The number of anilines is 2. The molecule has 0 saturated carbocycles. The van der Waals surface area contributed by atoms with Gasteiger partial charge >= 0.3 is 0 Å². The van der Waals surface area contributed by atoms with Crippen LogP contribution in [0.4, 0.5) is 11.6 Å². The van der Waals surface area contributed by atoms with Crippen molar-refractivity contribution in [1.82, 2.24) is 20.2 Å². The van der Waals surface area contributed by atoms with E-state index in [0.717, 1.165) is 70.6 Å². The van der Waals surface area contributed by atoms with Crippen molar-refractivity contribution in [3.8, 4) is 0 Å². The Morgan fingerprint density at radius 3 is 2.31 bits per heavy atom. The van der Waals surface area contributed by atoms with E-state index in [1.807, 2.05) is 6.07 Å². The number of rotatable bonds is 6. The number of aliphatic hydroxyl groups excluding tert-OH is 1. The van der Waals surface area contributed by atoms with Gasteiger partial charge in [0.2, 0.25) is 5.95 Å². The molecule has 172 valence electrons. The van der Waals surface area contributed by atoms with Gasteiger partial charge in [0, 0.05) is 70.5 Å². The summed E-state index contributed by atoms with van der Waals surface area (Å²) < 4.78 is 0. The van der Waals surface area contributed by atoms with Gasteiger partial charge in [0.1, 0.15) is 0 Å². The molecule has 2 aromatic rings. The quantitative estimate of drug-likeness (QED) is 0.528. The Hall–Kier alpha value is -2.87. The van der Waals surface area contributed by atoms with E-state index in [9.17, 15) is 5.11 Å². The number of nitrogens with zero attached hydrogens (tertiary/aromatic N) is 6. The zero-order chi connectivity index (χ0) is 22.2. The van der Waals surface area contributed by atoms with Crippen LogP contribution in [0.15, 0.2) is 47.7 Å². The minimum absolute atomic E-state index is 0.313. The van der Waals surface area contributed by atoms with Crippen LogP contribution < -0.4 is 15.1 Å². The first-order valence-electron chi connectivity index (χ1n) is 11.8. The fourth-order valence-corrected chi connectivity index (χ4v) is 4.35. The molecule has 4 rings (SSSR count). The molecule has 0 bridgehead atoms. The van der Waals surface area contributed by atoms with Crippen LogP contribution in [-0.4, -0.2) is 78.4 Å². The number of nitrogens with one attached hydrogen (secondary N) is 1. The molecule has 0 amide bonds. The van der Waals surface area contributed by atoms with Gasteiger partial charge in [-0.25, -0.2) is 15.0 Å². The minimum Gasteiger partial charge on any atom is -0.396 e. The van der Waals surface area contributed by atoms with Gasteiger partial charge in [-0.3, -0.25) is 0 Å². The topological polar surface area (TPSA) is 80.1 Å². The van der Waals surface area contributed by atoms with E-state index in [1.54, 1.807) is 12.4 Å². The molecule has 0 atom stereocenters. The highest BCUT2D eigenvalue weighted by Crippen LogP contribution is 2.23. The number of piperazine rings is 1. The molecule has 2 saturated heterocycles. The van der Waals surface area contributed by atoms with E-state index in [2.05, 4.69) is 61.2 Å². The van der Waals surface area contributed by atoms with Crippen molar-refractivity contribution in [3.63, 3.8) is 0 Å². The fraction of sp³-hybridized carbons (Fsp3) is 0.542. The Morgan fingerprint density at radius 1 is 1.00 bits per heavy atom. The van der Waals surface area contributed by atoms with Crippen molar-refractivity contribution in [2.45, 2.75) is 26.3 Å². The third kappa shape index (κ3) is 5.68. The van der Waals surface area contributed by atoms with Gasteiger partial charge in [-0.2, -0.15) is 0 Å². The summed E-state index contributed by atoms with van der Waals surface area (Å²) >= 11 is 0. The Morgan fingerprint density at radius 2 is 1.69 bits per heavy atom. The number of benzene rings is 1. The van der Waals surface area contributed by atoms with E-state index < -0.39 is 0 Å². The molecule has 32 heavy (non-hydrogen) atoms. The summed E-state index contributed by atoms with van der Waals surface area (Å²) in [6.07, 6.45) is 5.72. The summed E-state index contributed by atoms with van der Waals surface area (Å²) in [5.41, 5.74) is 2.48. The second-order valence-electron chi connectivity index (χ2n) is 8.47. The molecular weight excluding hydrogens is 402 g/mol. The number of aliphatic imine (C=N–C) groups is 1. The Bertz CT molecular complexity index is 842. The van der Waals surface area contributed by atoms with Crippen LogP contribution in [0.25, 0.3) is 0 Å². The summed E-state index contributed by atoms with van der Waals surface area (Å²) in [6.45, 7) is 9.54. The van der Waals surface area contributed by atoms with Gasteiger partial charge in [-0.1, -0.05) is 12.1 Å². The lowest BCUT2D eigenvalue weighted by molar-refractivity contribution is 0.203. The number of hydrogen-bond acceptors (Lipinski definition) is 6. The highest BCUT2D eigenvalue weighted by molar-refractivity contribution is 5.80. The third-order valence-electron chi connectivity index (χ3n) is 6.33. The van der Waals surface area contributed by atoms with E-state index in [1.165, 1.54) is 11.3 Å². The van der Waals surface area contributed by atoms with Crippen LogP contribution in [0.5, 0.6) is 0 Å². The van der Waals surface area contributed by atoms with Crippen LogP contribution in [0.3, 0.4) is 0 Å². The molecule has 3 heterocycles. The first-order valence-corrected chi connectivity index (χ1v) is 11.8. The molecule has 1 aromatic carbocycles. The number of piperidine rings is 1. The maximum Gasteiger partial charge on any atom is 0.225 e. The number of hydrogen-bond donors (Lipinski definition) is 2. The van der Waals surface area contributed by atoms with Crippen molar-refractivity contribution in [2.75, 3.05) is 62.2 Å². The first-order chi connectivity index (χ1) is 15.8. The molecule has 0 unspecified atom stereocenters. The smallest absolute Gasteiger partial charge is 0.225 e. The lowest BCUT2D eigenvalue weighted by atomic mass is 9.97. The average Bonchev–Trinajstić information content (AvgIpc) is 2.87. The average molecular weight is 438 g/mol. The van der Waals surface area contributed by atoms with Gasteiger partial charge in [0.15, 0.2) is 5.96 Å². The second kappa shape index (κ2) is 11.1. The lowest BCUT2D eigenvalue weighted by Crippen LogP contribution is -2.52. The molecular formula is C24H35N7O. The maximum atomic E-state index is 9.34. The molecule has 8 heteroatoms. The van der Waals surface area contributed by atoms with Crippen LogP contribution in [0, 0.1) is 5.92 Å². The summed E-state index contributed by atoms with van der Waals surface area (Å²) in [4.78, 5) is 20.6. The third-order valence-corrected chi connectivity index (χ3v) is 6.33. The Kier molecular flexibility index (Phi) is 7.77. The van der Waals surface area contributed by atoms with Crippen molar-refractivity contribution < 1.29 is 5.11 Å². The monoisotopic (exact) mass is 437 g/mol. The van der Waals surface area contributed by atoms with Crippen molar-refractivity contribution >= 4 is 17.6 Å². The number of guanidine groups is 1. The molecule has 2 N–H and O–H groups in total. The molecule has 0 radical (unpaired) electrons. The van der Waals surface area contributed by atoms with Gasteiger partial charge in [0.05, 0.1) is 6.54 Å². The molecule has 8 nitrogen and oxygen atoms in total. The Balaban J connectivity index is 1.32. The van der Waals surface area contributed by atoms with Gasteiger partial charge < -0.3 is 25.1 Å². The fourth-order valence-electron chi connectivity index (χ4n) is 4.35. The molecule has 0 spiro atoms. The van der Waals surface area contributed by atoms with E-state index in [0.29, 0.717) is 19.1 Å². The maximum absolute atomic E-state index is 9.34. The standard InChI is InChI=1S/C24H35N7O/c1-2-25-23(30-14-16-31(17-15-30)24-26-10-3-11-27-24)28-18-20-4-6-22(7-5-20)29-12-8-21(19-32)9-13-29/h3-7,10-11,21,32H,2,8-9,12-19H2,1H3,(H,25,28). The summed E-state index contributed by atoms with van der Waals surface area (Å²) in [5.74, 6) is 2.23. The van der Waals surface area contributed by atoms with Crippen LogP contribution in [0.1, 0.15) is 25.3 Å². The van der Waals surface area contributed by atoms with Crippen molar-refractivity contribution in [2.24, 2.45) is 10.9 Å². The van der Waals surface area contributed by atoms with Gasteiger partial charge in [-0.05, 0) is 49.4 Å². The SMILES string of the molecule is CCNC(=NCc1ccc(N2CCC(CO)CC2)cc1)N1CCN(c2ncccn2)CC1. The van der Waals surface area contributed by atoms with E-state index in [-0.39, 0.29) is 0 Å². The first kappa shape index (κ1) is 22.3. The molecule has 1 aromatic heterocycles. The highest BCUT2D eigenvalue weighted by atomic mass is 16.3. The lowest BCUT2D eigenvalue weighted by Gasteiger charge is -2.36.